The van der Waals surface area contributed by atoms with Crippen molar-refractivity contribution in [3.63, 3.8) is 0 Å². The molecule has 0 heterocycles. The molecule has 0 saturated carbocycles. The molecule has 0 fully saturated rings. The zero-order valence-electron chi connectivity index (χ0n) is 10.4. The summed E-state index contributed by atoms with van der Waals surface area (Å²) in [4.78, 5) is 0. The van der Waals surface area contributed by atoms with Crippen LogP contribution in [0.4, 0.5) is 0 Å². The van der Waals surface area contributed by atoms with Crippen molar-refractivity contribution in [3.05, 3.63) is 70.2 Å². The number of rotatable bonds is 4. The maximum absolute atomic E-state index is 6.06. The number of alkyl halides is 1. The predicted molar refractivity (Wildman–Crippen MR) is 82.9 cm³/mol. The Bertz CT molecular complexity index is 522. The molecule has 2 aromatic rings. The molecule has 18 heavy (non-hydrogen) atoms. The molecule has 0 nitrogen and oxygen atoms in total. The van der Waals surface area contributed by atoms with Gasteiger partial charge in [0.25, 0.3) is 0 Å². The number of halogens is 2. The highest BCUT2D eigenvalue weighted by atomic mass is 79.9. The van der Waals surface area contributed by atoms with Crippen molar-refractivity contribution in [3.8, 4) is 0 Å². The first kappa shape index (κ1) is 13.6. The summed E-state index contributed by atoms with van der Waals surface area (Å²) in [5.41, 5.74) is 3.98. The topological polar surface area (TPSA) is 0 Å². The highest BCUT2D eigenvalue weighted by molar-refractivity contribution is 9.09. The van der Waals surface area contributed by atoms with E-state index in [0.29, 0.717) is 5.92 Å². The van der Waals surface area contributed by atoms with Crippen LogP contribution in [0.2, 0.25) is 5.02 Å². The lowest BCUT2D eigenvalue weighted by Crippen LogP contribution is -2.04. The molecule has 1 atom stereocenters. The third-order valence-corrected chi connectivity index (χ3v) is 4.09. The molecule has 0 amide bonds. The summed E-state index contributed by atoms with van der Waals surface area (Å²) >= 11 is 9.67. The van der Waals surface area contributed by atoms with Gasteiger partial charge >= 0.3 is 0 Å². The Labute approximate surface area is 122 Å². The molecule has 0 bridgehead atoms. The minimum Gasteiger partial charge on any atom is -0.0921 e. The molecule has 94 valence electrons. The van der Waals surface area contributed by atoms with Gasteiger partial charge in [0.1, 0.15) is 0 Å². The summed E-state index contributed by atoms with van der Waals surface area (Å²) in [7, 11) is 0. The van der Waals surface area contributed by atoms with E-state index in [9.17, 15) is 0 Å². The summed E-state index contributed by atoms with van der Waals surface area (Å²) in [5.74, 6) is 0.463. The Kier molecular flexibility index (Phi) is 4.85. The van der Waals surface area contributed by atoms with E-state index in [1.807, 2.05) is 12.1 Å². The highest BCUT2D eigenvalue weighted by Crippen LogP contribution is 2.25. The van der Waals surface area contributed by atoms with Gasteiger partial charge in [0, 0.05) is 10.4 Å². The Morgan fingerprint density at radius 1 is 1.11 bits per heavy atom. The molecule has 0 aliphatic heterocycles. The lowest BCUT2D eigenvalue weighted by Gasteiger charge is -2.15. The van der Waals surface area contributed by atoms with E-state index in [-0.39, 0.29) is 0 Å². The smallest absolute Gasteiger partial charge is 0.0408 e. The number of benzene rings is 2. The molecule has 2 rings (SSSR count). The third-order valence-electron chi connectivity index (χ3n) is 3.07. The van der Waals surface area contributed by atoms with E-state index in [1.54, 1.807) is 0 Å². The SMILES string of the molecule is Cc1cccc(CC(CBr)c2cccc(Cl)c2)c1. The third kappa shape index (κ3) is 3.60. The van der Waals surface area contributed by atoms with Crippen LogP contribution in [0.5, 0.6) is 0 Å². The largest absolute Gasteiger partial charge is 0.0921 e. The maximum Gasteiger partial charge on any atom is 0.0408 e. The lowest BCUT2D eigenvalue weighted by atomic mass is 9.93. The van der Waals surface area contributed by atoms with Gasteiger partial charge in [-0.05, 0) is 42.5 Å². The van der Waals surface area contributed by atoms with Gasteiger partial charge in [0.15, 0.2) is 0 Å². The second-order valence-corrected chi connectivity index (χ2v) is 5.68. The molecule has 0 aliphatic carbocycles. The van der Waals surface area contributed by atoms with Crippen molar-refractivity contribution in [1.82, 2.24) is 0 Å². The molecule has 2 aromatic carbocycles. The first-order valence-electron chi connectivity index (χ1n) is 6.06. The molecule has 0 N–H and O–H groups in total. The van der Waals surface area contributed by atoms with Crippen LogP contribution in [0.3, 0.4) is 0 Å². The first-order chi connectivity index (χ1) is 8.69. The standard InChI is InChI=1S/C16H16BrCl/c1-12-4-2-5-13(8-12)9-15(11-17)14-6-3-7-16(18)10-14/h2-8,10,15H,9,11H2,1H3. The molecule has 0 spiro atoms. The molecule has 0 aliphatic rings. The highest BCUT2D eigenvalue weighted by Gasteiger charge is 2.11. The molecule has 1 unspecified atom stereocenters. The van der Waals surface area contributed by atoms with Crippen molar-refractivity contribution in [1.29, 1.82) is 0 Å². The minimum absolute atomic E-state index is 0.463. The van der Waals surface area contributed by atoms with Crippen LogP contribution < -0.4 is 0 Å². The van der Waals surface area contributed by atoms with Crippen LogP contribution in [0.25, 0.3) is 0 Å². The summed E-state index contributed by atoms with van der Waals surface area (Å²) in [6, 6.07) is 16.8. The zero-order chi connectivity index (χ0) is 13.0. The van der Waals surface area contributed by atoms with Gasteiger partial charge in [-0.15, -0.1) is 0 Å². The number of aryl methyl sites for hydroxylation is 1. The summed E-state index contributed by atoms with van der Waals surface area (Å²) in [6.45, 7) is 2.13. The quantitative estimate of drug-likeness (QED) is 0.664. The average Bonchev–Trinajstić information content (AvgIpc) is 2.36. The van der Waals surface area contributed by atoms with E-state index in [2.05, 4.69) is 59.3 Å². The van der Waals surface area contributed by atoms with Crippen LogP contribution in [0.1, 0.15) is 22.6 Å². The molecule has 2 heteroatoms. The van der Waals surface area contributed by atoms with Crippen LogP contribution in [0, 0.1) is 6.92 Å². The van der Waals surface area contributed by atoms with Gasteiger partial charge in [-0.3, -0.25) is 0 Å². The Hall–Kier alpha value is -0.790. The predicted octanol–water partition coefficient (Wildman–Crippen LogP) is 5.37. The Morgan fingerprint density at radius 3 is 2.56 bits per heavy atom. The molecule has 0 radical (unpaired) electrons. The zero-order valence-corrected chi connectivity index (χ0v) is 12.7. The van der Waals surface area contributed by atoms with Crippen LogP contribution in [-0.4, -0.2) is 5.33 Å². The van der Waals surface area contributed by atoms with Gasteiger partial charge in [-0.2, -0.15) is 0 Å². The maximum atomic E-state index is 6.06. The summed E-state index contributed by atoms with van der Waals surface area (Å²) in [5, 5.41) is 1.75. The Morgan fingerprint density at radius 2 is 1.89 bits per heavy atom. The lowest BCUT2D eigenvalue weighted by molar-refractivity contribution is 0.775. The minimum atomic E-state index is 0.463. The van der Waals surface area contributed by atoms with Crippen molar-refractivity contribution in [2.75, 3.05) is 5.33 Å². The van der Waals surface area contributed by atoms with Gasteiger partial charge in [-0.25, -0.2) is 0 Å². The van der Waals surface area contributed by atoms with Crippen molar-refractivity contribution < 1.29 is 0 Å². The van der Waals surface area contributed by atoms with Gasteiger partial charge in [-0.1, -0.05) is 69.5 Å². The fourth-order valence-corrected chi connectivity index (χ4v) is 2.95. The van der Waals surface area contributed by atoms with E-state index in [0.717, 1.165) is 16.8 Å². The molecular formula is C16H16BrCl. The van der Waals surface area contributed by atoms with E-state index in [1.165, 1.54) is 16.7 Å². The van der Waals surface area contributed by atoms with Crippen molar-refractivity contribution in [2.45, 2.75) is 19.3 Å². The fourth-order valence-electron chi connectivity index (χ4n) is 2.15. The summed E-state index contributed by atoms with van der Waals surface area (Å²) < 4.78 is 0. The normalized spacial score (nSPS) is 12.4. The van der Waals surface area contributed by atoms with Crippen LogP contribution in [0.15, 0.2) is 48.5 Å². The number of hydrogen-bond acceptors (Lipinski definition) is 0. The van der Waals surface area contributed by atoms with E-state index in [4.69, 9.17) is 11.6 Å². The van der Waals surface area contributed by atoms with Gasteiger partial charge < -0.3 is 0 Å². The molecule has 0 saturated heterocycles. The number of hydrogen-bond donors (Lipinski definition) is 0. The average molecular weight is 324 g/mol. The second kappa shape index (κ2) is 6.40. The van der Waals surface area contributed by atoms with Crippen molar-refractivity contribution >= 4 is 27.5 Å². The first-order valence-corrected chi connectivity index (χ1v) is 7.56. The Balaban J connectivity index is 2.19. The van der Waals surface area contributed by atoms with Gasteiger partial charge in [0.2, 0.25) is 0 Å². The molecular weight excluding hydrogens is 308 g/mol. The van der Waals surface area contributed by atoms with Crippen molar-refractivity contribution in [2.24, 2.45) is 0 Å². The van der Waals surface area contributed by atoms with E-state index >= 15 is 0 Å². The summed E-state index contributed by atoms with van der Waals surface area (Å²) in [6.07, 6.45) is 1.03. The van der Waals surface area contributed by atoms with Crippen LogP contribution in [-0.2, 0) is 6.42 Å². The van der Waals surface area contributed by atoms with Crippen LogP contribution >= 0.6 is 27.5 Å². The molecule has 0 aromatic heterocycles. The van der Waals surface area contributed by atoms with Gasteiger partial charge in [0.05, 0.1) is 0 Å². The van der Waals surface area contributed by atoms with E-state index < -0.39 is 0 Å². The monoisotopic (exact) mass is 322 g/mol. The second-order valence-electron chi connectivity index (χ2n) is 4.60. The fraction of sp³-hybridized carbons (Fsp3) is 0.250.